The first-order valence-electron chi connectivity index (χ1n) is 8.18. The van der Waals surface area contributed by atoms with Crippen LogP contribution in [0.15, 0.2) is 30.4 Å². The van der Waals surface area contributed by atoms with E-state index in [4.69, 9.17) is 0 Å². The van der Waals surface area contributed by atoms with Crippen molar-refractivity contribution in [3.05, 3.63) is 41.5 Å². The van der Waals surface area contributed by atoms with E-state index in [0.29, 0.717) is 6.42 Å². The third kappa shape index (κ3) is 3.61. The summed E-state index contributed by atoms with van der Waals surface area (Å²) in [5, 5.41) is 12.6. The van der Waals surface area contributed by atoms with Crippen LogP contribution in [-0.4, -0.2) is 34.1 Å². The summed E-state index contributed by atoms with van der Waals surface area (Å²) in [5.74, 6) is -0.284. The molecule has 2 atom stereocenters. The summed E-state index contributed by atoms with van der Waals surface area (Å²) in [6.45, 7) is 9.78. The molecule has 1 aromatic carbocycles. The molecule has 1 aromatic rings. The smallest absolute Gasteiger partial charge is 0.408 e. The van der Waals surface area contributed by atoms with Crippen LogP contribution in [0.2, 0.25) is 0 Å². The number of nitrogens with one attached hydrogen (secondary N) is 1. The number of aryl methyl sites for hydroxylation is 2. The highest BCUT2D eigenvalue weighted by Gasteiger charge is 2.41. The Morgan fingerprint density at radius 1 is 1.21 bits per heavy atom. The van der Waals surface area contributed by atoms with Crippen molar-refractivity contribution in [3.8, 4) is 0 Å². The van der Waals surface area contributed by atoms with Gasteiger partial charge in [-0.2, -0.15) is 0 Å². The molecule has 0 saturated heterocycles. The van der Waals surface area contributed by atoms with Crippen molar-refractivity contribution in [3.63, 3.8) is 0 Å². The number of hydrogen-bond acceptors (Lipinski definition) is 2. The van der Waals surface area contributed by atoms with Gasteiger partial charge >= 0.3 is 6.09 Å². The number of rotatable bonds is 2. The third-order valence-electron chi connectivity index (χ3n) is 4.45. The van der Waals surface area contributed by atoms with Crippen LogP contribution < -0.4 is 5.32 Å². The molecule has 2 unspecified atom stereocenters. The summed E-state index contributed by atoms with van der Waals surface area (Å²) in [6, 6.07) is 4.73. The molecule has 0 bridgehead atoms. The van der Waals surface area contributed by atoms with Gasteiger partial charge in [0.05, 0.1) is 6.04 Å². The van der Waals surface area contributed by atoms with Gasteiger partial charge in [0.15, 0.2) is 0 Å². The number of para-hydroxylation sites is 1. The van der Waals surface area contributed by atoms with Crippen LogP contribution in [0.4, 0.5) is 10.5 Å². The number of carbonyl (C=O) groups is 2. The van der Waals surface area contributed by atoms with Crippen molar-refractivity contribution in [2.45, 2.75) is 53.1 Å². The number of carbonyl (C=O) groups excluding carboxylic acids is 1. The molecule has 2 amide bonds. The van der Waals surface area contributed by atoms with E-state index < -0.39 is 12.1 Å². The lowest BCUT2D eigenvalue weighted by molar-refractivity contribution is -0.122. The number of carboxylic acid groups (broad SMARTS) is 1. The lowest BCUT2D eigenvalue weighted by atomic mass is 9.82. The summed E-state index contributed by atoms with van der Waals surface area (Å²) < 4.78 is 0. The maximum absolute atomic E-state index is 12.8. The Morgan fingerprint density at radius 2 is 1.79 bits per heavy atom. The van der Waals surface area contributed by atoms with Gasteiger partial charge < -0.3 is 10.4 Å². The van der Waals surface area contributed by atoms with Crippen molar-refractivity contribution in [2.75, 3.05) is 5.32 Å². The quantitative estimate of drug-likeness (QED) is 0.806. The predicted octanol–water partition coefficient (Wildman–Crippen LogP) is 3.97. The molecule has 24 heavy (non-hydrogen) atoms. The Hall–Kier alpha value is -2.30. The number of anilines is 1. The highest BCUT2D eigenvalue weighted by Crippen LogP contribution is 2.32. The maximum Gasteiger partial charge on any atom is 0.408 e. The zero-order valence-corrected chi connectivity index (χ0v) is 15.0. The van der Waals surface area contributed by atoms with Gasteiger partial charge in [0.1, 0.15) is 6.04 Å². The second kappa shape index (κ2) is 6.67. The minimum atomic E-state index is -1.07. The van der Waals surface area contributed by atoms with Gasteiger partial charge in [0.25, 0.3) is 0 Å². The molecule has 0 fully saturated rings. The minimum absolute atomic E-state index is 0.284. The number of hydrogen-bond donors (Lipinski definition) is 2. The van der Waals surface area contributed by atoms with Crippen LogP contribution in [0.5, 0.6) is 0 Å². The van der Waals surface area contributed by atoms with Crippen LogP contribution in [0.1, 0.15) is 38.3 Å². The van der Waals surface area contributed by atoms with Gasteiger partial charge in [-0.15, -0.1) is 0 Å². The van der Waals surface area contributed by atoms with Crippen LogP contribution in [0, 0.1) is 19.3 Å². The molecule has 2 rings (SSSR count). The SMILES string of the molecule is Cc1cccc(C)c1NC(=O)C1CC=CC(C(C)(C)C)N1C(=O)O. The van der Waals surface area contributed by atoms with Crippen molar-refractivity contribution >= 4 is 17.7 Å². The molecular formula is C19H26N2O3. The first kappa shape index (κ1) is 18.0. The summed E-state index contributed by atoms with van der Waals surface area (Å²) >= 11 is 0. The van der Waals surface area contributed by atoms with Gasteiger partial charge in [-0.05, 0) is 36.8 Å². The molecular weight excluding hydrogens is 304 g/mol. The van der Waals surface area contributed by atoms with E-state index >= 15 is 0 Å². The van der Waals surface area contributed by atoms with Crippen molar-refractivity contribution in [2.24, 2.45) is 5.41 Å². The summed E-state index contributed by atoms with van der Waals surface area (Å²) in [4.78, 5) is 25.9. The Kier molecular flexibility index (Phi) is 5.02. The van der Waals surface area contributed by atoms with E-state index in [-0.39, 0.29) is 17.4 Å². The molecule has 0 aliphatic carbocycles. The molecule has 1 aliphatic heterocycles. The molecule has 0 radical (unpaired) electrons. The summed E-state index contributed by atoms with van der Waals surface area (Å²) in [6.07, 6.45) is 3.11. The first-order valence-corrected chi connectivity index (χ1v) is 8.18. The van der Waals surface area contributed by atoms with Crippen molar-refractivity contribution < 1.29 is 14.7 Å². The van der Waals surface area contributed by atoms with E-state index in [1.807, 2.05) is 65.0 Å². The van der Waals surface area contributed by atoms with Gasteiger partial charge in [0.2, 0.25) is 5.91 Å². The van der Waals surface area contributed by atoms with Gasteiger partial charge in [-0.1, -0.05) is 51.1 Å². The molecule has 0 aromatic heterocycles. The first-order chi connectivity index (χ1) is 11.1. The van der Waals surface area contributed by atoms with Crippen molar-refractivity contribution in [1.29, 1.82) is 0 Å². The highest BCUT2D eigenvalue weighted by molar-refractivity contribution is 5.98. The van der Waals surface area contributed by atoms with Crippen LogP contribution in [0.3, 0.4) is 0 Å². The molecule has 0 saturated carbocycles. The van der Waals surface area contributed by atoms with E-state index in [9.17, 15) is 14.7 Å². The molecule has 130 valence electrons. The van der Waals surface area contributed by atoms with Gasteiger partial charge in [-0.25, -0.2) is 4.79 Å². The Morgan fingerprint density at radius 3 is 2.29 bits per heavy atom. The fourth-order valence-electron chi connectivity index (χ4n) is 3.15. The Bertz CT molecular complexity index is 653. The number of amides is 2. The van der Waals surface area contributed by atoms with Gasteiger partial charge in [0, 0.05) is 5.69 Å². The topological polar surface area (TPSA) is 69.6 Å². The molecule has 5 heteroatoms. The van der Waals surface area contributed by atoms with E-state index in [2.05, 4.69) is 5.32 Å². The Labute approximate surface area is 143 Å². The van der Waals surface area contributed by atoms with E-state index in [0.717, 1.165) is 16.8 Å². The highest BCUT2D eigenvalue weighted by atomic mass is 16.4. The third-order valence-corrected chi connectivity index (χ3v) is 4.45. The van der Waals surface area contributed by atoms with Crippen LogP contribution in [0.25, 0.3) is 0 Å². The molecule has 5 nitrogen and oxygen atoms in total. The lowest BCUT2D eigenvalue weighted by Gasteiger charge is -2.42. The Balaban J connectivity index is 2.31. The molecule has 1 aliphatic rings. The fourth-order valence-corrected chi connectivity index (χ4v) is 3.15. The second-order valence-electron chi connectivity index (χ2n) is 7.44. The molecule has 1 heterocycles. The second-order valence-corrected chi connectivity index (χ2v) is 7.44. The maximum atomic E-state index is 12.8. The number of benzene rings is 1. The van der Waals surface area contributed by atoms with Crippen LogP contribution in [-0.2, 0) is 4.79 Å². The summed E-state index contributed by atoms with van der Waals surface area (Å²) in [7, 11) is 0. The fraction of sp³-hybridized carbons (Fsp3) is 0.474. The van der Waals surface area contributed by atoms with E-state index in [1.54, 1.807) is 0 Å². The lowest BCUT2D eigenvalue weighted by Crippen LogP contribution is -2.56. The van der Waals surface area contributed by atoms with Crippen LogP contribution >= 0.6 is 0 Å². The normalized spacial score (nSPS) is 20.8. The average Bonchev–Trinajstić information content (AvgIpc) is 2.49. The van der Waals surface area contributed by atoms with Gasteiger partial charge in [-0.3, -0.25) is 9.69 Å². The minimum Gasteiger partial charge on any atom is -0.465 e. The predicted molar refractivity (Wildman–Crippen MR) is 95.2 cm³/mol. The van der Waals surface area contributed by atoms with E-state index in [1.165, 1.54) is 4.90 Å². The molecule has 2 N–H and O–H groups in total. The largest absolute Gasteiger partial charge is 0.465 e. The zero-order valence-electron chi connectivity index (χ0n) is 15.0. The zero-order chi connectivity index (χ0) is 18.1. The summed E-state index contributed by atoms with van der Waals surface area (Å²) in [5.41, 5.74) is 2.40. The standard InChI is InChI=1S/C19H26N2O3/c1-12-8-6-9-13(2)16(12)20-17(22)14-10-7-11-15(19(3,4)5)21(14)18(23)24/h6-9,11,14-15H,10H2,1-5H3,(H,20,22)(H,23,24). The molecule has 0 spiro atoms. The van der Waals surface area contributed by atoms with Crippen molar-refractivity contribution in [1.82, 2.24) is 4.90 Å². The average molecular weight is 330 g/mol. The number of nitrogens with zero attached hydrogens (tertiary/aromatic N) is 1. The monoisotopic (exact) mass is 330 g/mol.